The van der Waals surface area contributed by atoms with Gasteiger partial charge in [-0.05, 0) is 42.5 Å². The average molecular weight is 482 g/mol. The number of fused-ring (bicyclic) bond motifs is 1. The van der Waals surface area contributed by atoms with Crippen molar-refractivity contribution in [1.29, 1.82) is 0 Å². The number of nitrogens with one attached hydrogen (secondary N) is 2. The number of imide groups is 1. The number of carboxylic acids is 1. The van der Waals surface area contributed by atoms with E-state index in [1.807, 2.05) is 44.2 Å². The summed E-state index contributed by atoms with van der Waals surface area (Å²) in [6.07, 6.45) is 0.385. The van der Waals surface area contributed by atoms with E-state index in [1.165, 1.54) is 19.2 Å². The molecule has 3 amide bonds. The zero-order chi connectivity index (χ0) is 25.5. The number of carbonyl (C=O) groups excluding carboxylic acids is 3. The normalized spacial score (nSPS) is 14.6. The molecule has 9 heteroatoms. The van der Waals surface area contributed by atoms with Gasteiger partial charge in [0.05, 0.1) is 24.3 Å². The van der Waals surface area contributed by atoms with Gasteiger partial charge in [0.25, 0.3) is 11.8 Å². The van der Waals surface area contributed by atoms with Crippen LogP contribution in [0.5, 0.6) is 5.75 Å². The van der Waals surface area contributed by atoms with Crippen molar-refractivity contribution in [1.82, 2.24) is 15.5 Å². The molecule has 0 spiro atoms. The summed E-state index contributed by atoms with van der Waals surface area (Å²) in [5.41, 5.74) is 1.42. The molecule has 2 atom stereocenters. The molecule has 35 heavy (non-hydrogen) atoms. The van der Waals surface area contributed by atoms with Crippen LogP contribution in [0.3, 0.4) is 0 Å². The zero-order valence-electron chi connectivity index (χ0n) is 20.1. The van der Waals surface area contributed by atoms with Crippen LogP contribution in [0.2, 0.25) is 0 Å². The maximum atomic E-state index is 12.9. The lowest BCUT2D eigenvalue weighted by molar-refractivity contribution is -0.140. The Balaban J connectivity index is 1.66. The van der Waals surface area contributed by atoms with Gasteiger partial charge in [0, 0.05) is 13.1 Å². The van der Waals surface area contributed by atoms with Gasteiger partial charge in [-0.2, -0.15) is 0 Å². The fourth-order valence-corrected chi connectivity index (χ4v) is 4.01. The summed E-state index contributed by atoms with van der Waals surface area (Å²) >= 11 is 0. The Bertz CT molecular complexity index is 1090. The van der Waals surface area contributed by atoms with Crippen LogP contribution in [0.1, 0.15) is 53.0 Å². The van der Waals surface area contributed by atoms with Crippen LogP contribution in [-0.2, 0) is 16.1 Å². The van der Waals surface area contributed by atoms with Gasteiger partial charge in [0.15, 0.2) is 0 Å². The molecule has 0 bridgehead atoms. The summed E-state index contributed by atoms with van der Waals surface area (Å²) in [5, 5.41) is 15.6. The van der Waals surface area contributed by atoms with Gasteiger partial charge >= 0.3 is 5.97 Å². The number of rotatable bonds is 12. The van der Waals surface area contributed by atoms with Crippen molar-refractivity contribution in [2.45, 2.75) is 45.3 Å². The second kappa shape index (κ2) is 11.6. The quantitative estimate of drug-likeness (QED) is 0.398. The molecule has 0 fully saturated rings. The van der Waals surface area contributed by atoms with Crippen molar-refractivity contribution in [2.24, 2.45) is 5.92 Å². The fraction of sp³-hybridized carbons (Fsp3) is 0.385. The fourth-order valence-electron chi connectivity index (χ4n) is 4.01. The first kappa shape index (κ1) is 25.9. The van der Waals surface area contributed by atoms with Gasteiger partial charge in [-0.1, -0.05) is 44.2 Å². The van der Waals surface area contributed by atoms with Crippen molar-refractivity contribution in [3.8, 4) is 5.75 Å². The topological polar surface area (TPSA) is 125 Å². The van der Waals surface area contributed by atoms with Crippen LogP contribution >= 0.6 is 0 Å². The third-order valence-corrected chi connectivity index (χ3v) is 5.85. The van der Waals surface area contributed by atoms with E-state index in [1.54, 1.807) is 6.07 Å². The number of hydrogen-bond acceptors (Lipinski definition) is 6. The van der Waals surface area contributed by atoms with Crippen LogP contribution < -0.4 is 15.4 Å². The molecule has 0 radical (unpaired) electrons. The highest BCUT2D eigenvalue weighted by Gasteiger charge is 2.37. The van der Waals surface area contributed by atoms with E-state index >= 15 is 0 Å². The second-order valence-corrected chi connectivity index (χ2v) is 8.91. The van der Waals surface area contributed by atoms with Crippen LogP contribution in [-0.4, -0.2) is 59.4 Å². The molecular formula is C26H31N3O6. The number of benzene rings is 2. The molecule has 2 aromatic carbocycles. The number of ether oxygens (including phenoxy) is 1. The molecule has 2 unspecified atom stereocenters. The highest BCUT2D eigenvalue weighted by Crippen LogP contribution is 2.27. The lowest BCUT2D eigenvalue weighted by Gasteiger charge is -2.25. The maximum Gasteiger partial charge on any atom is 0.320 e. The minimum atomic E-state index is -1.16. The van der Waals surface area contributed by atoms with E-state index in [-0.39, 0.29) is 35.9 Å². The predicted octanol–water partition coefficient (Wildman–Crippen LogP) is 2.46. The van der Waals surface area contributed by atoms with E-state index in [2.05, 4.69) is 10.6 Å². The van der Waals surface area contributed by atoms with E-state index in [0.717, 1.165) is 10.5 Å². The van der Waals surface area contributed by atoms with Crippen LogP contribution in [0.15, 0.2) is 48.5 Å². The van der Waals surface area contributed by atoms with Crippen LogP contribution in [0, 0.1) is 5.92 Å². The maximum absolute atomic E-state index is 12.9. The summed E-state index contributed by atoms with van der Waals surface area (Å²) < 4.78 is 5.13. The summed E-state index contributed by atoms with van der Waals surface area (Å²) in [4.78, 5) is 51.4. The molecule has 186 valence electrons. The van der Waals surface area contributed by atoms with E-state index in [9.17, 15) is 24.3 Å². The van der Waals surface area contributed by atoms with Crippen molar-refractivity contribution in [2.75, 3.05) is 13.7 Å². The minimum absolute atomic E-state index is 0.0432. The smallest absolute Gasteiger partial charge is 0.320 e. The van der Waals surface area contributed by atoms with Gasteiger partial charge in [-0.15, -0.1) is 0 Å². The number of methoxy groups -OCH3 is 1. The molecule has 3 rings (SSSR count). The highest BCUT2D eigenvalue weighted by atomic mass is 16.5. The number of carbonyl (C=O) groups is 4. The first-order valence-electron chi connectivity index (χ1n) is 11.6. The van der Waals surface area contributed by atoms with E-state index in [4.69, 9.17) is 4.74 Å². The zero-order valence-corrected chi connectivity index (χ0v) is 20.1. The van der Waals surface area contributed by atoms with E-state index in [0.29, 0.717) is 18.7 Å². The lowest BCUT2D eigenvalue weighted by Crippen LogP contribution is -2.52. The molecule has 0 saturated heterocycles. The van der Waals surface area contributed by atoms with Gasteiger partial charge < -0.3 is 15.2 Å². The average Bonchev–Trinajstić information content (AvgIpc) is 3.08. The number of carboxylic acid groups (broad SMARTS) is 1. The summed E-state index contributed by atoms with van der Waals surface area (Å²) in [7, 11) is 1.47. The van der Waals surface area contributed by atoms with E-state index < -0.39 is 29.9 Å². The predicted molar refractivity (Wildman–Crippen MR) is 129 cm³/mol. The highest BCUT2D eigenvalue weighted by molar-refractivity contribution is 6.21. The largest absolute Gasteiger partial charge is 0.497 e. The first-order valence-corrected chi connectivity index (χ1v) is 11.6. The Morgan fingerprint density at radius 2 is 1.69 bits per heavy atom. The van der Waals surface area contributed by atoms with Gasteiger partial charge in [0.1, 0.15) is 11.8 Å². The molecular weight excluding hydrogens is 450 g/mol. The molecule has 9 nitrogen and oxygen atoms in total. The Morgan fingerprint density at radius 1 is 1.00 bits per heavy atom. The van der Waals surface area contributed by atoms with Crippen molar-refractivity contribution in [3.63, 3.8) is 0 Å². The summed E-state index contributed by atoms with van der Waals surface area (Å²) in [6, 6.07) is 12.2. The van der Waals surface area contributed by atoms with Crippen molar-refractivity contribution in [3.05, 3.63) is 65.2 Å². The van der Waals surface area contributed by atoms with Crippen LogP contribution in [0.4, 0.5) is 0 Å². The summed E-state index contributed by atoms with van der Waals surface area (Å²) in [5.74, 6) is -1.84. The molecule has 1 heterocycles. The molecule has 2 aromatic rings. The number of hydrogen-bond donors (Lipinski definition) is 3. The summed E-state index contributed by atoms with van der Waals surface area (Å²) in [6.45, 7) is 4.12. The first-order chi connectivity index (χ1) is 16.7. The molecule has 1 aliphatic heterocycles. The molecule has 3 N–H and O–H groups in total. The number of nitrogens with zero attached hydrogens (tertiary/aromatic N) is 1. The Labute approximate surface area is 204 Å². The Hall–Kier alpha value is -3.72. The van der Waals surface area contributed by atoms with Crippen LogP contribution in [0.25, 0.3) is 0 Å². The monoisotopic (exact) mass is 481 g/mol. The minimum Gasteiger partial charge on any atom is -0.497 e. The SMILES string of the molecule is COc1ccc2c(c1)C(=O)N(CCC(NC(CC(C)C)C(=O)NCc1ccccc1)C(=O)O)C2=O. The third-order valence-electron chi connectivity index (χ3n) is 5.85. The molecule has 0 aliphatic carbocycles. The van der Waals surface area contributed by atoms with Crippen molar-refractivity contribution >= 4 is 23.7 Å². The standard InChI is InChI=1S/C26H31N3O6/c1-16(2)13-22(23(30)27-15-17-7-5-4-6-8-17)28-21(26(33)34)11-12-29-24(31)19-10-9-18(35-3)14-20(19)25(29)32/h4-10,14,16,21-22,28H,11-13,15H2,1-3H3,(H,27,30)(H,33,34). The Morgan fingerprint density at radius 3 is 2.31 bits per heavy atom. The molecule has 0 aromatic heterocycles. The molecule has 0 saturated carbocycles. The van der Waals surface area contributed by atoms with Gasteiger partial charge in [-0.3, -0.25) is 29.4 Å². The van der Waals surface area contributed by atoms with Gasteiger partial charge in [0.2, 0.25) is 5.91 Å². The number of amides is 3. The third kappa shape index (κ3) is 6.45. The second-order valence-electron chi connectivity index (χ2n) is 8.91. The van der Waals surface area contributed by atoms with Crippen molar-refractivity contribution < 1.29 is 29.0 Å². The number of aliphatic carboxylic acids is 1. The Kier molecular flexibility index (Phi) is 8.59. The van der Waals surface area contributed by atoms with Gasteiger partial charge in [-0.25, -0.2) is 0 Å². The molecule has 1 aliphatic rings. The lowest BCUT2D eigenvalue weighted by atomic mass is 10.0.